The summed E-state index contributed by atoms with van der Waals surface area (Å²) in [5.41, 5.74) is 0.349. The molecule has 27 heavy (non-hydrogen) atoms. The van der Waals surface area contributed by atoms with Gasteiger partial charge in [-0.05, 0) is 18.9 Å². The summed E-state index contributed by atoms with van der Waals surface area (Å²) in [7, 11) is 0. The van der Waals surface area contributed by atoms with Crippen molar-refractivity contribution in [2.45, 2.75) is 38.3 Å². The molecule has 1 aliphatic rings. The van der Waals surface area contributed by atoms with Gasteiger partial charge in [-0.1, -0.05) is 43.7 Å². The van der Waals surface area contributed by atoms with Crippen LogP contribution in [0, 0.1) is 0 Å². The summed E-state index contributed by atoms with van der Waals surface area (Å²) < 4.78 is 0. The fourth-order valence-electron chi connectivity index (χ4n) is 3.59. The number of piperazine rings is 1. The Kier molecular flexibility index (Phi) is 6.23. The van der Waals surface area contributed by atoms with E-state index >= 15 is 0 Å². The van der Waals surface area contributed by atoms with Crippen molar-refractivity contribution in [1.82, 2.24) is 20.5 Å². The molecule has 0 radical (unpaired) electrons. The maximum atomic E-state index is 12.9. The molecule has 2 heterocycles. The monoisotopic (exact) mass is 386 g/mol. The number of aromatic nitrogens is 1. The predicted molar refractivity (Wildman–Crippen MR) is 106 cm³/mol. The Hall–Kier alpha value is -2.25. The molecule has 0 bridgehead atoms. The molecule has 0 spiro atoms. The fourth-order valence-corrected chi connectivity index (χ4v) is 4.30. The van der Waals surface area contributed by atoms with E-state index in [9.17, 15) is 9.59 Å². The van der Waals surface area contributed by atoms with Crippen LogP contribution in [-0.4, -0.2) is 46.9 Å². The summed E-state index contributed by atoms with van der Waals surface area (Å²) in [6, 6.07) is 9.55. The van der Waals surface area contributed by atoms with E-state index < -0.39 is 5.54 Å². The largest absolute Gasteiger partial charge is 0.353 e. The quantitative estimate of drug-likeness (QED) is 0.766. The minimum absolute atomic E-state index is 0.00272. The van der Waals surface area contributed by atoms with Crippen molar-refractivity contribution < 1.29 is 9.59 Å². The van der Waals surface area contributed by atoms with Crippen molar-refractivity contribution in [3.63, 3.8) is 0 Å². The van der Waals surface area contributed by atoms with E-state index in [4.69, 9.17) is 0 Å². The normalized spacial score (nSPS) is 21.5. The van der Waals surface area contributed by atoms with E-state index in [1.165, 1.54) is 11.3 Å². The van der Waals surface area contributed by atoms with E-state index in [1.54, 1.807) is 6.20 Å². The third-order valence-electron chi connectivity index (χ3n) is 5.06. The molecule has 1 aromatic heterocycles. The molecule has 1 aliphatic heterocycles. The zero-order valence-corrected chi connectivity index (χ0v) is 16.6. The summed E-state index contributed by atoms with van der Waals surface area (Å²) >= 11 is 1.52. The van der Waals surface area contributed by atoms with Crippen LogP contribution in [0.2, 0.25) is 0 Å². The first-order valence-corrected chi connectivity index (χ1v) is 10.2. The number of thiazole rings is 1. The van der Waals surface area contributed by atoms with E-state index in [1.807, 2.05) is 47.5 Å². The van der Waals surface area contributed by atoms with Crippen LogP contribution in [0.1, 0.15) is 43.3 Å². The van der Waals surface area contributed by atoms with Gasteiger partial charge in [0, 0.05) is 24.7 Å². The Balaban J connectivity index is 1.75. The number of nitrogens with one attached hydrogen (secondary N) is 2. The van der Waals surface area contributed by atoms with Gasteiger partial charge in [-0.15, -0.1) is 11.3 Å². The maximum Gasteiger partial charge on any atom is 0.240 e. The highest BCUT2D eigenvalue weighted by molar-refractivity contribution is 7.09. The molecule has 2 aromatic rings. The number of benzene rings is 1. The Morgan fingerprint density at radius 1 is 1.41 bits per heavy atom. The zero-order chi connectivity index (χ0) is 19.3. The number of carbonyl (C=O) groups excluding carboxylic acids is 2. The Morgan fingerprint density at radius 3 is 2.85 bits per heavy atom. The number of carbonyl (C=O) groups is 2. The molecule has 2 amide bonds. The second kappa shape index (κ2) is 8.63. The van der Waals surface area contributed by atoms with Gasteiger partial charge in [-0.2, -0.15) is 0 Å². The number of nitrogens with zero attached hydrogens (tertiary/aromatic N) is 2. The average Bonchev–Trinajstić information content (AvgIpc) is 3.19. The van der Waals surface area contributed by atoms with Crippen LogP contribution in [-0.2, 0) is 9.59 Å². The molecule has 1 saturated heterocycles. The van der Waals surface area contributed by atoms with Crippen LogP contribution < -0.4 is 10.6 Å². The van der Waals surface area contributed by atoms with Gasteiger partial charge in [0.05, 0.1) is 12.1 Å². The fraction of sp³-hybridized carbons (Fsp3) is 0.450. The smallest absolute Gasteiger partial charge is 0.240 e. The predicted octanol–water partition coefficient (Wildman–Crippen LogP) is 2.34. The van der Waals surface area contributed by atoms with Crippen molar-refractivity contribution in [3.8, 4) is 0 Å². The number of hydrogen-bond acceptors (Lipinski definition) is 5. The Bertz CT molecular complexity index is 766. The molecule has 0 saturated carbocycles. The molecular formula is C20H26N4O2S. The van der Waals surface area contributed by atoms with Gasteiger partial charge >= 0.3 is 0 Å². The lowest BCUT2D eigenvalue weighted by Gasteiger charge is -2.43. The summed E-state index contributed by atoms with van der Waals surface area (Å²) in [6.45, 7) is 5.41. The van der Waals surface area contributed by atoms with Crippen molar-refractivity contribution in [2.75, 3.05) is 19.6 Å². The van der Waals surface area contributed by atoms with E-state index in [-0.39, 0.29) is 24.4 Å². The molecule has 2 atom stereocenters. The Labute approximate surface area is 164 Å². The van der Waals surface area contributed by atoms with Crippen LogP contribution in [0.3, 0.4) is 0 Å². The van der Waals surface area contributed by atoms with Crippen LogP contribution in [0.4, 0.5) is 0 Å². The van der Waals surface area contributed by atoms with E-state index in [0.717, 1.165) is 23.4 Å². The summed E-state index contributed by atoms with van der Waals surface area (Å²) in [4.78, 5) is 31.7. The first kappa shape index (κ1) is 19.5. The molecular weight excluding hydrogens is 360 g/mol. The second-order valence-electron chi connectivity index (χ2n) is 6.98. The number of rotatable bonds is 7. The van der Waals surface area contributed by atoms with Gasteiger partial charge in [0.2, 0.25) is 11.8 Å². The van der Waals surface area contributed by atoms with Gasteiger partial charge in [-0.3, -0.25) is 14.5 Å². The topological polar surface area (TPSA) is 74.3 Å². The molecule has 144 valence electrons. The average molecular weight is 387 g/mol. The first-order valence-electron chi connectivity index (χ1n) is 9.31. The van der Waals surface area contributed by atoms with Gasteiger partial charge in [0.15, 0.2) is 0 Å². The molecule has 6 nitrogen and oxygen atoms in total. The molecule has 2 N–H and O–H groups in total. The summed E-state index contributed by atoms with van der Waals surface area (Å²) in [5, 5.41) is 8.80. The van der Waals surface area contributed by atoms with Crippen LogP contribution in [0.25, 0.3) is 0 Å². The SMILES string of the molecule is CCC[C@]1(C)C(=O)NCCN1CC(=O)N[C@H](c1ccccc1)c1nccs1. The van der Waals surface area contributed by atoms with Gasteiger partial charge in [-0.25, -0.2) is 4.98 Å². The lowest BCUT2D eigenvalue weighted by molar-refractivity contribution is -0.139. The van der Waals surface area contributed by atoms with Crippen LogP contribution in [0.5, 0.6) is 0 Å². The van der Waals surface area contributed by atoms with Gasteiger partial charge < -0.3 is 10.6 Å². The van der Waals surface area contributed by atoms with E-state index in [2.05, 4.69) is 22.5 Å². The van der Waals surface area contributed by atoms with Gasteiger partial charge in [0.25, 0.3) is 0 Å². The molecule has 1 fully saturated rings. The number of amides is 2. The van der Waals surface area contributed by atoms with Crippen molar-refractivity contribution in [2.24, 2.45) is 0 Å². The third kappa shape index (κ3) is 4.36. The van der Waals surface area contributed by atoms with E-state index in [0.29, 0.717) is 13.1 Å². The first-order chi connectivity index (χ1) is 13.0. The summed E-state index contributed by atoms with van der Waals surface area (Å²) in [6.07, 6.45) is 3.35. The number of hydrogen-bond donors (Lipinski definition) is 2. The minimum Gasteiger partial charge on any atom is -0.353 e. The van der Waals surface area contributed by atoms with Crippen LogP contribution >= 0.6 is 11.3 Å². The van der Waals surface area contributed by atoms with Crippen molar-refractivity contribution in [1.29, 1.82) is 0 Å². The van der Waals surface area contributed by atoms with Crippen molar-refractivity contribution in [3.05, 3.63) is 52.5 Å². The second-order valence-corrected chi connectivity index (χ2v) is 7.91. The maximum absolute atomic E-state index is 12.9. The van der Waals surface area contributed by atoms with Crippen LogP contribution in [0.15, 0.2) is 41.9 Å². The third-order valence-corrected chi connectivity index (χ3v) is 5.90. The highest BCUT2D eigenvalue weighted by Gasteiger charge is 2.42. The highest BCUT2D eigenvalue weighted by Crippen LogP contribution is 2.26. The molecule has 0 aliphatic carbocycles. The minimum atomic E-state index is -0.645. The summed E-state index contributed by atoms with van der Waals surface area (Å²) in [5.74, 6) is -0.0981. The molecule has 0 unspecified atom stereocenters. The Morgan fingerprint density at radius 2 is 2.19 bits per heavy atom. The standard InChI is InChI=1S/C20H26N4O2S/c1-3-9-20(2)19(26)22-10-12-24(20)14-16(25)23-17(18-21-11-13-27-18)15-7-5-4-6-8-15/h4-8,11,13,17H,3,9-10,12,14H2,1-2H3,(H,22,26)(H,23,25)/t17-,20-/m1/s1. The molecule has 7 heteroatoms. The lowest BCUT2D eigenvalue weighted by Crippen LogP contribution is -2.64. The van der Waals surface area contributed by atoms with Crippen molar-refractivity contribution >= 4 is 23.2 Å². The lowest BCUT2D eigenvalue weighted by atomic mass is 9.90. The highest BCUT2D eigenvalue weighted by atomic mass is 32.1. The van der Waals surface area contributed by atoms with Gasteiger partial charge in [0.1, 0.15) is 11.0 Å². The molecule has 1 aromatic carbocycles. The zero-order valence-electron chi connectivity index (χ0n) is 15.8. The molecule has 3 rings (SSSR count).